The monoisotopic (exact) mass is 758 g/mol. The van der Waals surface area contributed by atoms with Gasteiger partial charge in [-0.3, -0.25) is 4.68 Å². The van der Waals surface area contributed by atoms with Gasteiger partial charge >= 0.3 is 20.4 Å². The standard InChI is InChI=1S/C40H36N4OS2.Pd/c1-7-46-39-38(37-27(5)20-26(4)21-28(37)6)40(47-8-2)44(42-39)29-12-11-13-30(23-29)45-31-16-17-33-32-14-9-10-15-34(32)43(35(33)24-31)36-22-25(3)18-19-41-36;/h9-22H,7-8H2,1-6H3;/q-2;+2. The fourth-order valence-corrected chi connectivity index (χ4v) is 8.09. The zero-order valence-electron chi connectivity index (χ0n) is 27.8. The zero-order chi connectivity index (χ0) is 32.7. The van der Waals surface area contributed by atoms with Gasteiger partial charge in [-0.1, -0.05) is 55.3 Å². The van der Waals surface area contributed by atoms with E-state index in [1.807, 2.05) is 53.0 Å². The third-order valence-electron chi connectivity index (χ3n) is 8.19. The van der Waals surface area contributed by atoms with E-state index in [-0.39, 0.29) is 20.4 Å². The summed E-state index contributed by atoms with van der Waals surface area (Å²) in [5.74, 6) is 3.93. The van der Waals surface area contributed by atoms with Gasteiger partial charge in [0, 0.05) is 28.8 Å². The van der Waals surface area contributed by atoms with Crippen molar-refractivity contribution in [2.24, 2.45) is 0 Å². The minimum atomic E-state index is 0. The Morgan fingerprint density at radius 3 is 2.23 bits per heavy atom. The molecule has 7 aromatic rings. The van der Waals surface area contributed by atoms with E-state index in [0.29, 0.717) is 11.5 Å². The van der Waals surface area contributed by atoms with Crippen molar-refractivity contribution in [1.29, 1.82) is 0 Å². The number of benzene rings is 4. The number of para-hydroxylation sites is 1. The number of ether oxygens (including phenoxy) is 1. The van der Waals surface area contributed by atoms with E-state index in [1.54, 1.807) is 11.8 Å². The predicted octanol–water partition coefficient (Wildman–Crippen LogP) is 10.9. The van der Waals surface area contributed by atoms with Crippen LogP contribution in [0.5, 0.6) is 11.5 Å². The molecule has 0 radical (unpaired) electrons. The van der Waals surface area contributed by atoms with Gasteiger partial charge in [0.1, 0.15) is 15.9 Å². The van der Waals surface area contributed by atoms with E-state index < -0.39 is 0 Å². The number of fused-ring (bicyclic) bond motifs is 3. The molecule has 0 N–H and O–H groups in total. The Bertz CT molecular complexity index is 2250. The molecule has 0 amide bonds. The third-order valence-corrected chi connectivity index (χ3v) is 9.98. The first-order valence-electron chi connectivity index (χ1n) is 15.9. The van der Waals surface area contributed by atoms with Crippen molar-refractivity contribution in [3.05, 3.63) is 119 Å². The van der Waals surface area contributed by atoms with Crippen molar-refractivity contribution in [1.82, 2.24) is 19.3 Å². The molecule has 3 heterocycles. The maximum atomic E-state index is 6.48. The van der Waals surface area contributed by atoms with Gasteiger partial charge in [-0.05, 0) is 90.7 Å². The predicted molar refractivity (Wildman–Crippen MR) is 197 cm³/mol. The number of pyridine rings is 1. The summed E-state index contributed by atoms with van der Waals surface area (Å²) in [5.41, 5.74) is 10.3. The fraction of sp³-hybridized carbons (Fsp3) is 0.200. The average Bonchev–Trinajstić information content (AvgIpc) is 3.56. The number of nitrogens with zero attached hydrogens (tertiary/aromatic N) is 4. The van der Waals surface area contributed by atoms with Crippen LogP contribution in [0.1, 0.15) is 36.1 Å². The van der Waals surface area contributed by atoms with Gasteiger partial charge < -0.3 is 9.30 Å². The Labute approximate surface area is 304 Å². The number of hydrogen-bond donors (Lipinski definition) is 0. The summed E-state index contributed by atoms with van der Waals surface area (Å²) in [5, 5.41) is 9.60. The number of hydrogen-bond acceptors (Lipinski definition) is 5. The zero-order valence-corrected chi connectivity index (χ0v) is 31.0. The van der Waals surface area contributed by atoms with Gasteiger partial charge in [-0.15, -0.1) is 59.2 Å². The number of thioether (sulfide) groups is 2. The van der Waals surface area contributed by atoms with Gasteiger partial charge in [0.15, 0.2) is 0 Å². The maximum absolute atomic E-state index is 6.48. The van der Waals surface area contributed by atoms with Crippen molar-refractivity contribution in [2.75, 3.05) is 11.5 Å². The molecule has 0 bridgehead atoms. The van der Waals surface area contributed by atoms with Crippen molar-refractivity contribution in [2.45, 2.75) is 51.6 Å². The van der Waals surface area contributed by atoms with Crippen LogP contribution in [0.25, 0.3) is 44.4 Å². The average molecular weight is 759 g/mol. The molecule has 4 aromatic carbocycles. The summed E-state index contributed by atoms with van der Waals surface area (Å²) in [4.78, 5) is 4.71. The molecule has 5 nitrogen and oxygen atoms in total. The molecule has 0 unspecified atom stereocenters. The third kappa shape index (κ3) is 6.35. The molecule has 244 valence electrons. The van der Waals surface area contributed by atoms with Gasteiger partial charge in [0.05, 0.1) is 0 Å². The molecule has 0 saturated carbocycles. The van der Waals surface area contributed by atoms with E-state index >= 15 is 0 Å². The summed E-state index contributed by atoms with van der Waals surface area (Å²) >= 11 is 3.59. The van der Waals surface area contributed by atoms with Crippen LogP contribution < -0.4 is 4.74 Å². The van der Waals surface area contributed by atoms with Crippen molar-refractivity contribution in [3.63, 3.8) is 0 Å². The molecule has 0 aliphatic heterocycles. The SMILES string of the molecule is CCSc1nn(-c2[c-]c(Oc3[c-]c4c(cc3)c3ccccc3n4-c3cc(C)ccn3)ccc2)c(SCC)c1-c1c(C)cc(C)cc1C.[Pd+2]. The van der Waals surface area contributed by atoms with Crippen LogP contribution in [0.2, 0.25) is 0 Å². The van der Waals surface area contributed by atoms with Crippen LogP contribution in [-0.2, 0) is 20.4 Å². The van der Waals surface area contributed by atoms with E-state index in [1.165, 1.54) is 27.8 Å². The molecule has 0 atom stereocenters. The molecular weight excluding hydrogens is 723 g/mol. The molecule has 0 spiro atoms. The number of rotatable bonds is 9. The first kappa shape index (κ1) is 34.1. The second kappa shape index (κ2) is 14.4. The van der Waals surface area contributed by atoms with Crippen LogP contribution in [0.15, 0.2) is 95.1 Å². The maximum Gasteiger partial charge on any atom is 2.00 e. The second-order valence-electron chi connectivity index (χ2n) is 11.7. The fourth-order valence-electron chi connectivity index (χ4n) is 6.39. The summed E-state index contributed by atoms with van der Waals surface area (Å²) in [6.07, 6.45) is 1.85. The molecular formula is C40H36N4OPdS2. The van der Waals surface area contributed by atoms with E-state index in [4.69, 9.17) is 14.8 Å². The Hall–Kier alpha value is -3.80. The topological polar surface area (TPSA) is 44.9 Å². The smallest absolute Gasteiger partial charge is 0.509 e. The minimum Gasteiger partial charge on any atom is -0.509 e. The summed E-state index contributed by atoms with van der Waals surface area (Å²) < 4.78 is 10.7. The molecule has 0 saturated heterocycles. The second-order valence-corrected chi connectivity index (χ2v) is 14.2. The Morgan fingerprint density at radius 1 is 0.729 bits per heavy atom. The van der Waals surface area contributed by atoms with Crippen LogP contribution in [0, 0.1) is 39.8 Å². The molecule has 8 heteroatoms. The quantitative estimate of drug-likeness (QED) is 0.0833. The Kier molecular flexibility index (Phi) is 10.2. The van der Waals surface area contributed by atoms with Crippen molar-refractivity contribution >= 4 is 45.3 Å². The molecule has 0 aliphatic rings. The van der Waals surface area contributed by atoms with E-state index in [0.717, 1.165) is 60.4 Å². The number of aryl methyl sites for hydroxylation is 4. The normalized spacial score (nSPS) is 11.3. The van der Waals surface area contributed by atoms with E-state index in [2.05, 4.69) is 107 Å². The number of aromatic nitrogens is 4. The van der Waals surface area contributed by atoms with Crippen LogP contribution >= 0.6 is 23.5 Å². The Balaban J connectivity index is 0.00000401. The van der Waals surface area contributed by atoms with Crippen molar-refractivity contribution < 1.29 is 25.2 Å². The van der Waals surface area contributed by atoms with E-state index in [9.17, 15) is 0 Å². The Morgan fingerprint density at radius 2 is 1.48 bits per heavy atom. The molecule has 0 aliphatic carbocycles. The minimum absolute atomic E-state index is 0. The van der Waals surface area contributed by atoms with Gasteiger partial charge in [0.25, 0.3) is 0 Å². The largest absolute Gasteiger partial charge is 2.00 e. The van der Waals surface area contributed by atoms with Crippen LogP contribution in [0.4, 0.5) is 0 Å². The summed E-state index contributed by atoms with van der Waals surface area (Å²) in [6.45, 7) is 13.0. The first-order valence-corrected chi connectivity index (χ1v) is 17.9. The first-order chi connectivity index (χ1) is 22.9. The van der Waals surface area contributed by atoms with Crippen LogP contribution in [-0.4, -0.2) is 30.8 Å². The van der Waals surface area contributed by atoms with Gasteiger partial charge in [-0.25, -0.2) is 4.98 Å². The van der Waals surface area contributed by atoms with Gasteiger partial charge in [-0.2, -0.15) is 17.2 Å². The molecule has 0 fully saturated rings. The molecule has 7 rings (SSSR count). The van der Waals surface area contributed by atoms with Crippen LogP contribution in [0.3, 0.4) is 0 Å². The summed E-state index contributed by atoms with van der Waals surface area (Å²) in [7, 11) is 0. The molecule has 48 heavy (non-hydrogen) atoms. The van der Waals surface area contributed by atoms with Crippen molar-refractivity contribution in [3.8, 4) is 34.1 Å². The molecule has 3 aromatic heterocycles. The summed E-state index contributed by atoms with van der Waals surface area (Å²) in [6, 6.07) is 34.2. The van der Waals surface area contributed by atoms with Gasteiger partial charge in [0.2, 0.25) is 0 Å².